The maximum atomic E-state index is 3.57. The van der Waals surface area contributed by atoms with Crippen molar-refractivity contribution in [3.8, 4) is 0 Å². The van der Waals surface area contributed by atoms with Gasteiger partial charge in [-0.2, -0.15) is 0 Å². The molecule has 2 fully saturated rings. The van der Waals surface area contributed by atoms with Crippen LogP contribution in [0.2, 0.25) is 0 Å². The molecule has 2 saturated carbocycles. The third-order valence-corrected chi connectivity index (χ3v) is 3.35. The predicted molar refractivity (Wildman–Crippen MR) is 60.5 cm³/mol. The highest BCUT2D eigenvalue weighted by molar-refractivity contribution is 4.84. The van der Waals surface area contributed by atoms with E-state index in [1.165, 1.54) is 58.2 Å². The summed E-state index contributed by atoms with van der Waals surface area (Å²) >= 11 is 0. The van der Waals surface area contributed by atoms with Crippen LogP contribution in [-0.4, -0.2) is 36.6 Å². The topological polar surface area (TPSA) is 15.3 Å². The van der Waals surface area contributed by atoms with Crippen LogP contribution >= 0.6 is 0 Å². The van der Waals surface area contributed by atoms with Crippen molar-refractivity contribution in [1.82, 2.24) is 10.2 Å². The van der Waals surface area contributed by atoms with Crippen LogP contribution in [0.25, 0.3) is 0 Å². The highest BCUT2D eigenvalue weighted by Gasteiger charge is 2.27. The largest absolute Gasteiger partial charge is 0.314 e. The molecular weight excluding hydrogens is 172 g/mol. The summed E-state index contributed by atoms with van der Waals surface area (Å²) in [5.41, 5.74) is 0. The molecule has 2 nitrogen and oxygen atoms in total. The third kappa shape index (κ3) is 3.58. The van der Waals surface area contributed by atoms with Crippen LogP contribution in [-0.2, 0) is 0 Å². The highest BCUT2D eigenvalue weighted by atomic mass is 15.2. The first-order chi connectivity index (χ1) is 6.90. The normalized spacial score (nSPS) is 21.9. The van der Waals surface area contributed by atoms with Gasteiger partial charge in [0.25, 0.3) is 0 Å². The molecular formula is C12H24N2. The standard InChI is InChI=1S/C12H24N2/c1-2-14(12-7-8-12)10-4-3-9-13-11-5-6-11/h11-13H,2-10H2,1H3. The summed E-state index contributed by atoms with van der Waals surface area (Å²) in [6.45, 7) is 6.11. The van der Waals surface area contributed by atoms with Crippen molar-refractivity contribution in [2.75, 3.05) is 19.6 Å². The van der Waals surface area contributed by atoms with E-state index in [4.69, 9.17) is 0 Å². The van der Waals surface area contributed by atoms with Gasteiger partial charge in [0.1, 0.15) is 0 Å². The smallest absolute Gasteiger partial charge is 0.00963 e. The Bertz CT molecular complexity index is 162. The van der Waals surface area contributed by atoms with Crippen molar-refractivity contribution >= 4 is 0 Å². The van der Waals surface area contributed by atoms with Gasteiger partial charge in [-0.3, -0.25) is 0 Å². The zero-order valence-corrected chi connectivity index (χ0v) is 9.47. The molecule has 2 aliphatic rings. The summed E-state index contributed by atoms with van der Waals surface area (Å²) in [4.78, 5) is 2.65. The van der Waals surface area contributed by atoms with E-state index >= 15 is 0 Å². The Balaban J connectivity index is 1.43. The first-order valence-electron chi connectivity index (χ1n) is 6.37. The summed E-state index contributed by atoms with van der Waals surface area (Å²) < 4.78 is 0. The molecule has 0 amide bonds. The van der Waals surface area contributed by atoms with Gasteiger partial charge in [0.2, 0.25) is 0 Å². The molecule has 0 atom stereocenters. The van der Waals surface area contributed by atoms with Crippen LogP contribution in [0.1, 0.15) is 45.4 Å². The molecule has 0 radical (unpaired) electrons. The van der Waals surface area contributed by atoms with Crippen molar-refractivity contribution in [2.24, 2.45) is 0 Å². The number of unbranched alkanes of at least 4 members (excludes halogenated alkanes) is 1. The van der Waals surface area contributed by atoms with Gasteiger partial charge in [-0.15, -0.1) is 0 Å². The monoisotopic (exact) mass is 196 g/mol. The number of hydrogen-bond acceptors (Lipinski definition) is 2. The fourth-order valence-electron chi connectivity index (χ4n) is 2.07. The van der Waals surface area contributed by atoms with Gasteiger partial charge in [-0.25, -0.2) is 0 Å². The average Bonchev–Trinajstić information content (AvgIpc) is 3.02. The van der Waals surface area contributed by atoms with Gasteiger partial charge in [0.05, 0.1) is 0 Å². The van der Waals surface area contributed by atoms with Gasteiger partial charge in [-0.05, 0) is 58.2 Å². The summed E-state index contributed by atoms with van der Waals surface area (Å²) in [6, 6.07) is 1.84. The van der Waals surface area contributed by atoms with Crippen molar-refractivity contribution in [2.45, 2.75) is 57.5 Å². The van der Waals surface area contributed by atoms with E-state index in [1.54, 1.807) is 0 Å². The molecule has 0 aromatic rings. The minimum absolute atomic E-state index is 0.890. The lowest BCUT2D eigenvalue weighted by Gasteiger charge is -2.19. The molecule has 0 aromatic carbocycles. The maximum absolute atomic E-state index is 3.57. The molecule has 2 rings (SSSR count). The Morgan fingerprint density at radius 1 is 1.14 bits per heavy atom. The average molecular weight is 196 g/mol. The molecule has 1 N–H and O–H groups in total. The second-order valence-corrected chi connectivity index (χ2v) is 4.80. The number of rotatable bonds is 8. The number of nitrogens with zero attached hydrogens (tertiary/aromatic N) is 1. The molecule has 0 unspecified atom stereocenters. The van der Waals surface area contributed by atoms with Crippen molar-refractivity contribution in [1.29, 1.82) is 0 Å². The molecule has 0 aliphatic heterocycles. The zero-order chi connectivity index (χ0) is 9.80. The lowest BCUT2D eigenvalue weighted by atomic mass is 10.3. The Morgan fingerprint density at radius 2 is 1.93 bits per heavy atom. The van der Waals surface area contributed by atoms with Gasteiger partial charge in [0.15, 0.2) is 0 Å². The number of nitrogens with one attached hydrogen (secondary N) is 1. The molecule has 0 aromatic heterocycles. The summed E-state index contributed by atoms with van der Waals surface area (Å²) in [6.07, 6.45) is 8.48. The molecule has 2 heteroatoms. The minimum Gasteiger partial charge on any atom is -0.314 e. The molecule has 82 valence electrons. The van der Waals surface area contributed by atoms with E-state index in [0.717, 1.165) is 12.1 Å². The lowest BCUT2D eigenvalue weighted by molar-refractivity contribution is 0.271. The maximum Gasteiger partial charge on any atom is 0.00963 e. The van der Waals surface area contributed by atoms with Crippen molar-refractivity contribution < 1.29 is 0 Å². The first kappa shape index (κ1) is 10.4. The van der Waals surface area contributed by atoms with E-state index in [1.807, 2.05) is 0 Å². The van der Waals surface area contributed by atoms with Crippen molar-refractivity contribution in [3.05, 3.63) is 0 Å². The van der Waals surface area contributed by atoms with Crippen molar-refractivity contribution in [3.63, 3.8) is 0 Å². The van der Waals surface area contributed by atoms with Crippen LogP contribution in [0.4, 0.5) is 0 Å². The molecule has 0 bridgehead atoms. The van der Waals surface area contributed by atoms with Crippen LogP contribution in [0, 0.1) is 0 Å². The van der Waals surface area contributed by atoms with Crippen LogP contribution in [0.3, 0.4) is 0 Å². The Hall–Kier alpha value is -0.0800. The Morgan fingerprint density at radius 3 is 2.50 bits per heavy atom. The number of hydrogen-bond donors (Lipinski definition) is 1. The van der Waals surface area contributed by atoms with Crippen LogP contribution < -0.4 is 5.32 Å². The molecule has 14 heavy (non-hydrogen) atoms. The lowest BCUT2D eigenvalue weighted by Crippen LogP contribution is -2.27. The van der Waals surface area contributed by atoms with E-state index in [-0.39, 0.29) is 0 Å². The quantitative estimate of drug-likeness (QED) is 0.597. The molecule has 0 saturated heterocycles. The predicted octanol–water partition coefficient (Wildman–Crippen LogP) is 2.00. The third-order valence-electron chi connectivity index (χ3n) is 3.35. The zero-order valence-electron chi connectivity index (χ0n) is 9.47. The Kier molecular flexibility index (Phi) is 3.82. The summed E-state index contributed by atoms with van der Waals surface area (Å²) in [5, 5.41) is 3.57. The van der Waals surface area contributed by atoms with Crippen LogP contribution in [0.5, 0.6) is 0 Å². The van der Waals surface area contributed by atoms with E-state index in [2.05, 4.69) is 17.1 Å². The van der Waals surface area contributed by atoms with E-state index in [9.17, 15) is 0 Å². The molecule has 0 spiro atoms. The molecule has 0 heterocycles. The fourth-order valence-corrected chi connectivity index (χ4v) is 2.07. The van der Waals surface area contributed by atoms with E-state index < -0.39 is 0 Å². The van der Waals surface area contributed by atoms with Crippen LogP contribution in [0.15, 0.2) is 0 Å². The Labute approximate surface area is 88.1 Å². The fraction of sp³-hybridized carbons (Fsp3) is 1.00. The second kappa shape index (κ2) is 5.13. The van der Waals surface area contributed by atoms with Gasteiger partial charge in [0, 0.05) is 12.1 Å². The van der Waals surface area contributed by atoms with Gasteiger partial charge < -0.3 is 10.2 Å². The first-order valence-corrected chi connectivity index (χ1v) is 6.37. The van der Waals surface area contributed by atoms with Gasteiger partial charge in [-0.1, -0.05) is 6.92 Å². The van der Waals surface area contributed by atoms with Gasteiger partial charge >= 0.3 is 0 Å². The summed E-state index contributed by atoms with van der Waals surface area (Å²) in [5.74, 6) is 0. The SMILES string of the molecule is CCN(CCCCNC1CC1)C1CC1. The highest BCUT2D eigenvalue weighted by Crippen LogP contribution is 2.26. The van der Waals surface area contributed by atoms with E-state index in [0.29, 0.717) is 0 Å². The summed E-state index contributed by atoms with van der Waals surface area (Å²) in [7, 11) is 0. The second-order valence-electron chi connectivity index (χ2n) is 4.80. The minimum atomic E-state index is 0.890. The molecule has 2 aliphatic carbocycles.